The summed E-state index contributed by atoms with van der Waals surface area (Å²) in [7, 11) is 0. The number of amides is 1. The van der Waals surface area contributed by atoms with Gasteiger partial charge in [0.05, 0.1) is 11.3 Å². The fraction of sp³-hybridized carbons (Fsp3) is 0.346. The number of hydrogen-bond donors (Lipinski definition) is 1. The quantitative estimate of drug-likeness (QED) is 0.626. The van der Waals surface area contributed by atoms with Gasteiger partial charge in [-0.25, -0.2) is 4.98 Å². The number of nitrogens with one attached hydrogen (secondary N) is 1. The van der Waals surface area contributed by atoms with Gasteiger partial charge in [0.1, 0.15) is 12.4 Å². The van der Waals surface area contributed by atoms with Crippen molar-refractivity contribution < 1.29 is 4.79 Å². The topological polar surface area (TPSA) is 67.2 Å². The molecule has 1 N–H and O–H groups in total. The van der Waals surface area contributed by atoms with Crippen molar-refractivity contribution in [2.75, 3.05) is 6.54 Å². The Hall–Kier alpha value is -3.25. The molecule has 0 unspecified atom stereocenters. The van der Waals surface area contributed by atoms with Crippen LogP contribution < -0.4 is 10.9 Å². The Morgan fingerprint density at radius 2 is 1.88 bits per heavy atom. The molecular weight excluding hydrogens is 400 g/mol. The highest BCUT2D eigenvalue weighted by Gasteiger charge is 2.24. The van der Waals surface area contributed by atoms with Crippen LogP contribution in [0.3, 0.4) is 0 Å². The highest BCUT2D eigenvalue weighted by Crippen LogP contribution is 2.17. The first kappa shape index (κ1) is 22.0. The highest BCUT2D eigenvalue weighted by atomic mass is 16.2. The molecule has 0 spiro atoms. The van der Waals surface area contributed by atoms with E-state index in [1.807, 2.05) is 56.3 Å². The van der Waals surface area contributed by atoms with Crippen molar-refractivity contribution in [3.8, 4) is 0 Å². The molecular formula is C26H30N4O2. The molecule has 0 aliphatic carbocycles. The van der Waals surface area contributed by atoms with Gasteiger partial charge < -0.3 is 5.32 Å². The first-order chi connectivity index (χ1) is 15.5. The lowest BCUT2D eigenvalue weighted by molar-refractivity contribution is -0.121. The van der Waals surface area contributed by atoms with E-state index in [1.165, 1.54) is 5.56 Å². The SMILES string of the molecule is CCc1nc2c(c(=O)n1CC(=O)NCc1cccc(C)c1)CN(Cc1ccccc1)CC2. The second-order valence-corrected chi connectivity index (χ2v) is 8.41. The fourth-order valence-corrected chi connectivity index (χ4v) is 4.25. The molecule has 6 nitrogen and oxygen atoms in total. The number of rotatable bonds is 7. The molecule has 0 saturated carbocycles. The van der Waals surface area contributed by atoms with Crippen LogP contribution in [0.5, 0.6) is 0 Å². The Balaban J connectivity index is 1.49. The first-order valence-corrected chi connectivity index (χ1v) is 11.2. The van der Waals surface area contributed by atoms with Crippen LogP contribution in [0.15, 0.2) is 59.4 Å². The van der Waals surface area contributed by atoms with Gasteiger partial charge in [0.15, 0.2) is 0 Å². The number of nitrogens with zero attached hydrogens (tertiary/aromatic N) is 3. The molecule has 2 aromatic carbocycles. The summed E-state index contributed by atoms with van der Waals surface area (Å²) in [5.74, 6) is 0.498. The maximum atomic E-state index is 13.4. The van der Waals surface area contributed by atoms with Crippen molar-refractivity contribution in [1.82, 2.24) is 19.8 Å². The van der Waals surface area contributed by atoms with Gasteiger partial charge in [-0.2, -0.15) is 0 Å². The van der Waals surface area contributed by atoms with Gasteiger partial charge in [0.25, 0.3) is 5.56 Å². The number of carbonyl (C=O) groups excluding carboxylic acids is 1. The third-order valence-electron chi connectivity index (χ3n) is 5.91. The van der Waals surface area contributed by atoms with Gasteiger partial charge in [-0.1, -0.05) is 67.1 Å². The van der Waals surface area contributed by atoms with Crippen LogP contribution in [0.2, 0.25) is 0 Å². The van der Waals surface area contributed by atoms with Gasteiger partial charge in [0, 0.05) is 39.0 Å². The average Bonchev–Trinajstić information content (AvgIpc) is 2.80. The molecule has 32 heavy (non-hydrogen) atoms. The highest BCUT2D eigenvalue weighted by molar-refractivity contribution is 5.75. The van der Waals surface area contributed by atoms with Crippen LogP contribution in [-0.2, 0) is 43.8 Å². The van der Waals surface area contributed by atoms with Gasteiger partial charge in [0.2, 0.25) is 5.91 Å². The van der Waals surface area contributed by atoms with Crippen LogP contribution in [-0.4, -0.2) is 26.9 Å². The number of carbonyl (C=O) groups is 1. The van der Waals surface area contributed by atoms with Gasteiger partial charge in [-0.3, -0.25) is 19.1 Å². The van der Waals surface area contributed by atoms with Crippen LogP contribution >= 0.6 is 0 Å². The van der Waals surface area contributed by atoms with Crippen molar-refractivity contribution in [1.29, 1.82) is 0 Å². The molecule has 0 bridgehead atoms. The summed E-state index contributed by atoms with van der Waals surface area (Å²) < 4.78 is 1.55. The van der Waals surface area contributed by atoms with Crippen molar-refractivity contribution >= 4 is 5.91 Å². The number of benzene rings is 2. The zero-order chi connectivity index (χ0) is 22.5. The zero-order valence-electron chi connectivity index (χ0n) is 18.8. The molecule has 0 radical (unpaired) electrons. The lowest BCUT2D eigenvalue weighted by Gasteiger charge is -2.28. The summed E-state index contributed by atoms with van der Waals surface area (Å²) in [5.41, 5.74) is 4.94. The van der Waals surface area contributed by atoms with Crippen molar-refractivity contribution in [3.05, 3.63) is 98.7 Å². The Kier molecular flexibility index (Phi) is 6.81. The molecule has 1 amide bonds. The Labute approximate surface area is 188 Å². The van der Waals surface area contributed by atoms with E-state index in [-0.39, 0.29) is 18.0 Å². The summed E-state index contributed by atoms with van der Waals surface area (Å²) in [5, 5.41) is 2.94. The van der Waals surface area contributed by atoms with Gasteiger partial charge in [-0.05, 0) is 18.1 Å². The standard InChI is InChI=1S/C26H30N4O2/c1-3-24-28-23-12-13-29(16-20-9-5-4-6-10-20)17-22(23)26(32)30(24)18-25(31)27-15-21-11-7-8-19(2)14-21/h4-11,14H,3,12-13,15-18H2,1-2H3,(H,27,31). The molecule has 0 atom stereocenters. The van der Waals surface area contributed by atoms with Gasteiger partial charge >= 0.3 is 0 Å². The van der Waals surface area contributed by atoms with Crippen LogP contribution in [0, 0.1) is 6.92 Å². The largest absolute Gasteiger partial charge is 0.350 e. The molecule has 1 aromatic heterocycles. The molecule has 6 heteroatoms. The first-order valence-electron chi connectivity index (χ1n) is 11.2. The van der Waals surface area contributed by atoms with Crippen LogP contribution in [0.4, 0.5) is 0 Å². The predicted molar refractivity (Wildman–Crippen MR) is 125 cm³/mol. The summed E-state index contributed by atoms with van der Waals surface area (Å²) in [6.07, 6.45) is 1.37. The maximum absolute atomic E-state index is 13.4. The van der Waals surface area contributed by atoms with Crippen molar-refractivity contribution in [2.45, 2.75) is 52.9 Å². The van der Waals surface area contributed by atoms with Crippen LogP contribution in [0.1, 0.15) is 40.7 Å². The molecule has 0 saturated heterocycles. The molecule has 1 aliphatic rings. The van der Waals surface area contributed by atoms with E-state index in [9.17, 15) is 9.59 Å². The fourth-order valence-electron chi connectivity index (χ4n) is 4.25. The van der Waals surface area contributed by atoms with E-state index in [0.29, 0.717) is 25.3 Å². The second-order valence-electron chi connectivity index (χ2n) is 8.41. The van der Waals surface area contributed by atoms with E-state index < -0.39 is 0 Å². The summed E-state index contributed by atoms with van der Waals surface area (Å²) in [6.45, 7) is 6.67. The monoisotopic (exact) mass is 430 g/mol. The van der Waals surface area contributed by atoms with E-state index in [2.05, 4.69) is 22.3 Å². The summed E-state index contributed by atoms with van der Waals surface area (Å²) in [4.78, 5) is 33.1. The minimum absolute atomic E-state index is 0.00716. The van der Waals surface area contributed by atoms with E-state index in [0.717, 1.165) is 41.9 Å². The van der Waals surface area contributed by atoms with Gasteiger partial charge in [-0.15, -0.1) is 0 Å². The predicted octanol–water partition coefficient (Wildman–Crippen LogP) is 2.99. The molecule has 166 valence electrons. The second kappa shape index (κ2) is 9.92. The Bertz CT molecular complexity index is 1150. The van der Waals surface area contributed by atoms with Crippen LogP contribution in [0.25, 0.3) is 0 Å². The molecule has 0 fully saturated rings. The molecule has 4 rings (SSSR count). The maximum Gasteiger partial charge on any atom is 0.258 e. The zero-order valence-corrected chi connectivity index (χ0v) is 18.8. The normalized spacial score (nSPS) is 13.6. The molecule has 3 aromatic rings. The molecule has 2 heterocycles. The minimum Gasteiger partial charge on any atom is -0.350 e. The number of aromatic nitrogens is 2. The lowest BCUT2D eigenvalue weighted by Crippen LogP contribution is -2.41. The van der Waals surface area contributed by atoms with Crippen molar-refractivity contribution in [3.63, 3.8) is 0 Å². The average molecular weight is 431 g/mol. The summed E-state index contributed by atoms with van der Waals surface area (Å²) in [6, 6.07) is 18.3. The Morgan fingerprint density at radius 3 is 2.62 bits per heavy atom. The summed E-state index contributed by atoms with van der Waals surface area (Å²) >= 11 is 0. The third kappa shape index (κ3) is 5.14. The lowest BCUT2D eigenvalue weighted by atomic mass is 10.1. The molecule has 1 aliphatic heterocycles. The minimum atomic E-state index is -0.179. The van der Waals surface area contributed by atoms with Crippen molar-refractivity contribution in [2.24, 2.45) is 0 Å². The third-order valence-corrected chi connectivity index (χ3v) is 5.91. The number of fused-ring (bicyclic) bond motifs is 1. The number of aryl methyl sites for hydroxylation is 2. The number of hydrogen-bond acceptors (Lipinski definition) is 4. The van der Waals surface area contributed by atoms with E-state index in [1.54, 1.807) is 4.57 Å². The van der Waals surface area contributed by atoms with E-state index >= 15 is 0 Å². The van der Waals surface area contributed by atoms with E-state index in [4.69, 9.17) is 4.98 Å². The smallest absolute Gasteiger partial charge is 0.258 e. The Morgan fingerprint density at radius 1 is 1.09 bits per heavy atom.